The predicted molar refractivity (Wildman–Crippen MR) is 68.9 cm³/mol. The van der Waals surface area contributed by atoms with Crippen molar-refractivity contribution in [1.82, 2.24) is 10.2 Å². The normalized spacial score (nSPS) is 17.4. The lowest BCUT2D eigenvalue weighted by Gasteiger charge is -2.24. The van der Waals surface area contributed by atoms with Gasteiger partial charge in [0.1, 0.15) is 0 Å². The fraction of sp³-hybridized carbons (Fsp3) is 0.500. The summed E-state index contributed by atoms with van der Waals surface area (Å²) >= 11 is 0. The first kappa shape index (κ1) is 12.9. The van der Waals surface area contributed by atoms with Gasteiger partial charge in [-0.3, -0.25) is 4.79 Å². The van der Waals surface area contributed by atoms with Crippen LogP contribution in [-0.4, -0.2) is 21.3 Å². The van der Waals surface area contributed by atoms with Gasteiger partial charge in [-0.25, -0.2) is 0 Å². The molecule has 1 aliphatic rings. The maximum absolute atomic E-state index is 11.1. The quantitative estimate of drug-likeness (QED) is 0.903. The van der Waals surface area contributed by atoms with E-state index in [2.05, 4.69) is 10.2 Å². The second-order valence-electron chi connectivity index (χ2n) is 5.43. The zero-order valence-electron chi connectivity index (χ0n) is 11.0. The van der Waals surface area contributed by atoms with Crippen molar-refractivity contribution < 1.29 is 18.7 Å². The van der Waals surface area contributed by atoms with Gasteiger partial charge in [0.05, 0.1) is 12.7 Å². The van der Waals surface area contributed by atoms with Gasteiger partial charge in [-0.05, 0) is 30.4 Å². The van der Waals surface area contributed by atoms with Gasteiger partial charge in [0, 0.05) is 6.42 Å². The summed E-state index contributed by atoms with van der Waals surface area (Å²) in [7, 11) is 0. The van der Waals surface area contributed by atoms with Crippen LogP contribution in [0.15, 0.2) is 27.2 Å². The van der Waals surface area contributed by atoms with E-state index in [1.807, 2.05) is 0 Å². The molecule has 0 unspecified atom stereocenters. The Bertz CT molecular complexity index is 582. The first-order chi connectivity index (χ1) is 9.67. The molecule has 0 aromatic carbocycles. The third-order valence-electron chi connectivity index (χ3n) is 3.92. The molecule has 2 aromatic heterocycles. The van der Waals surface area contributed by atoms with Crippen LogP contribution in [0, 0.1) is 5.41 Å². The van der Waals surface area contributed by atoms with Crippen LogP contribution in [0.4, 0.5) is 0 Å². The summed E-state index contributed by atoms with van der Waals surface area (Å²) in [5, 5.41) is 17.1. The number of carboxylic acid groups (broad SMARTS) is 1. The molecule has 0 amide bonds. The monoisotopic (exact) mass is 276 g/mol. The van der Waals surface area contributed by atoms with E-state index in [0.29, 0.717) is 24.0 Å². The number of nitrogens with zero attached hydrogens (tertiary/aromatic N) is 2. The fourth-order valence-electron chi connectivity index (χ4n) is 3.01. The highest BCUT2D eigenvalue weighted by atomic mass is 16.4. The van der Waals surface area contributed by atoms with Crippen LogP contribution >= 0.6 is 0 Å². The number of hydrogen-bond acceptors (Lipinski definition) is 5. The van der Waals surface area contributed by atoms with E-state index in [1.165, 1.54) is 0 Å². The molecule has 0 saturated heterocycles. The molecule has 0 atom stereocenters. The number of rotatable bonds is 5. The summed E-state index contributed by atoms with van der Waals surface area (Å²) < 4.78 is 10.8. The van der Waals surface area contributed by atoms with Crippen LogP contribution in [0.3, 0.4) is 0 Å². The third-order valence-corrected chi connectivity index (χ3v) is 3.92. The Balaban J connectivity index is 1.77. The molecule has 2 aromatic rings. The zero-order valence-corrected chi connectivity index (χ0v) is 11.0. The summed E-state index contributed by atoms with van der Waals surface area (Å²) in [5.41, 5.74) is -0.237. The molecular formula is C14H16N2O4. The molecule has 1 N–H and O–H groups in total. The molecule has 2 heterocycles. The molecule has 6 heteroatoms. The number of aromatic nitrogens is 2. The number of aliphatic carboxylic acids is 1. The van der Waals surface area contributed by atoms with Crippen molar-refractivity contribution >= 4 is 5.97 Å². The number of carbonyl (C=O) groups is 1. The van der Waals surface area contributed by atoms with Crippen molar-refractivity contribution in [3.63, 3.8) is 0 Å². The van der Waals surface area contributed by atoms with Gasteiger partial charge in [0.2, 0.25) is 5.89 Å². The van der Waals surface area contributed by atoms with Crippen molar-refractivity contribution in [1.29, 1.82) is 0 Å². The predicted octanol–water partition coefficient (Wildman–Crippen LogP) is 2.91. The van der Waals surface area contributed by atoms with Crippen LogP contribution in [0.5, 0.6) is 0 Å². The van der Waals surface area contributed by atoms with Gasteiger partial charge in [-0.15, -0.1) is 10.2 Å². The summed E-state index contributed by atoms with van der Waals surface area (Å²) in [6, 6.07) is 3.50. The molecule has 1 fully saturated rings. The number of carboxylic acids is 1. The van der Waals surface area contributed by atoms with E-state index in [4.69, 9.17) is 13.9 Å². The Labute approximate surface area is 115 Å². The van der Waals surface area contributed by atoms with Gasteiger partial charge >= 0.3 is 5.97 Å². The third kappa shape index (κ3) is 2.59. The molecule has 0 aliphatic heterocycles. The maximum Gasteiger partial charge on any atom is 0.303 e. The van der Waals surface area contributed by atoms with E-state index in [0.717, 1.165) is 25.7 Å². The second-order valence-corrected chi connectivity index (χ2v) is 5.43. The Hall–Kier alpha value is -2.11. The average molecular weight is 276 g/mol. The van der Waals surface area contributed by atoms with Crippen molar-refractivity contribution in [2.45, 2.75) is 38.5 Å². The maximum atomic E-state index is 11.1. The van der Waals surface area contributed by atoms with Crippen LogP contribution in [0.25, 0.3) is 11.7 Å². The summed E-state index contributed by atoms with van der Waals surface area (Å²) in [5.74, 6) is 0.591. The van der Waals surface area contributed by atoms with Crippen LogP contribution < -0.4 is 0 Å². The van der Waals surface area contributed by atoms with Gasteiger partial charge < -0.3 is 13.9 Å². The molecule has 0 spiro atoms. The van der Waals surface area contributed by atoms with Crippen molar-refractivity contribution in [3.8, 4) is 11.7 Å². The van der Waals surface area contributed by atoms with E-state index >= 15 is 0 Å². The van der Waals surface area contributed by atoms with E-state index < -0.39 is 5.97 Å². The van der Waals surface area contributed by atoms with E-state index in [1.54, 1.807) is 18.4 Å². The van der Waals surface area contributed by atoms with Gasteiger partial charge in [-0.2, -0.15) is 0 Å². The zero-order chi connectivity index (χ0) is 14.0. The average Bonchev–Trinajstić information content (AvgIpc) is 3.08. The second kappa shape index (κ2) is 5.11. The van der Waals surface area contributed by atoms with Crippen molar-refractivity contribution in [3.05, 3.63) is 24.3 Å². The first-order valence-corrected chi connectivity index (χ1v) is 6.75. The lowest BCUT2D eigenvalue weighted by molar-refractivity contribution is -0.139. The molecular weight excluding hydrogens is 260 g/mol. The Morgan fingerprint density at radius 1 is 1.35 bits per heavy atom. The summed E-state index contributed by atoms with van der Waals surface area (Å²) in [6.07, 6.45) is 6.15. The standard InChI is InChI=1S/C14H16N2O4/c17-12(18)9-14(5-1-2-6-14)8-11-15-16-13(20-11)10-4-3-7-19-10/h3-4,7H,1-2,5-6,8-9H2,(H,17,18). The van der Waals surface area contributed by atoms with Gasteiger partial charge in [0.15, 0.2) is 5.76 Å². The molecule has 6 nitrogen and oxygen atoms in total. The minimum Gasteiger partial charge on any atom is -0.481 e. The van der Waals surface area contributed by atoms with Crippen LogP contribution in [0.2, 0.25) is 0 Å². The van der Waals surface area contributed by atoms with Gasteiger partial charge in [0.25, 0.3) is 5.89 Å². The SMILES string of the molecule is O=C(O)CC1(Cc2nnc(-c3ccco3)o2)CCCC1. The first-order valence-electron chi connectivity index (χ1n) is 6.75. The molecule has 20 heavy (non-hydrogen) atoms. The van der Waals surface area contributed by atoms with Crippen molar-refractivity contribution in [2.24, 2.45) is 5.41 Å². The van der Waals surface area contributed by atoms with E-state index in [-0.39, 0.29) is 11.8 Å². The number of furan rings is 1. The largest absolute Gasteiger partial charge is 0.481 e. The highest BCUT2D eigenvalue weighted by Crippen LogP contribution is 2.43. The van der Waals surface area contributed by atoms with E-state index in [9.17, 15) is 4.79 Å². The number of hydrogen-bond donors (Lipinski definition) is 1. The Morgan fingerprint density at radius 2 is 2.15 bits per heavy atom. The summed E-state index contributed by atoms with van der Waals surface area (Å²) in [6.45, 7) is 0. The highest BCUT2D eigenvalue weighted by Gasteiger charge is 2.37. The van der Waals surface area contributed by atoms with Crippen molar-refractivity contribution in [2.75, 3.05) is 0 Å². The van der Waals surface area contributed by atoms with Gasteiger partial charge in [-0.1, -0.05) is 12.8 Å². The molecule has 1 aliphatic carbocycles. The van der Waals surface area contributed by atoms with Crippen LogP contribution in [-0.2, 0) is 11.2 Å². The lowest BCUT2D eigenvalue weighted by Crippen LogP contribution is -2.23. The fourth-order valence-corrected chi connectivity index (χ4v) is 3.01. The molecule has 0 bridgehead atoms. The minimum absolute atomic E-state index is 0.158. The molecule has 106 valence electrons. The smallest absolute Gasteiger partial charge is 0.303 e. The molecule has 1 saturated carbocycles. The lowest BCUT2D eigenvalue weighted by atomic mass is 9.79. The molecule has 0 radical (unpaired) electrons. The van der Waals surface area contributed by atoms with Crippen LogP contribution in [0.1, 0.15) is 38.0 Å². The minimum atomic E-state index is -0.766. The Kier molecular flexibility index (Phi) is 3.30. The molecule has 3 rings (SSSR count). The summed E-state index contributed by atoms with van der Waals surface area (Å²) in [4.78, 5) is 11.1. The highest BCUT2D eigenvalue weighted by molar-refractivity contribution is 5.67. The topological polar surface area (TPSA) is 89.4 Å². The Morgan fingerprint density at radius 3 is 2.80 bits per heavy atom.